The zero-order valence-electron chi connectivity index (χ0n) is 11.0. The van der Waals surface area contributed by atoms with Crippen LogP contribution in [0.3, 0.4) is 0 Å². The molecule has 1 heterocycles. The molecule has 7 nitrogen and oxygen atoms in total. The van der Waals surface area contributed by atoms with Crippen LogP contribution in [0.1, 0.15) is 25.6 Å². The lowest BCUT2D eigenvalue weighted by atomic mass is 10.3. The molecule has 0 radical (unpaired) electrons. The Morgan fingerprint density at radius 3 is 2.79 bits per heavy atom. The van der Waals surface area contributed by atoms with E-state index in [9.17, 15) is 9.59 Å². The molecule has 0 amide bonds. The van der Waals surface area contributed by atoms with Gasteiger partial charge in [-0.3, -0.25) is 9.59 Å². The largest absolute Gasteiger partial charge is 0.481 e. The lowest BCUT2D eigenvalue weighted by Gasteiger charge is -2.07. The van der Waals surface area contributed by atoms with Crippen LogP contribution in [0.25, 0.3) is 0 Å². The van der Waals surface area contributed by atoms with E-state index in [-0.39, 0.29) is 11.7 Å². The summed E-state index contributed by atoms with van der Waals surface area (Å²) in [5.74, 6) is -0.482. The molecule has 0 saturated heterocycles. The molecule has 0 unspecified atom stereocenters. The molecule has 0 aliphatic carbocycles. The maximum atomic E-state index is 11.2. The number of hydrogen-bond donors (Lipinski definition) is 1. The van der Waals surface area contributed by atoms with E-state index >= 15 is 0 Å². The van der Waals surface area contributed by atoms with E-state index in [0.717, 1.165) is 11.8 Å². The Balaban J connectivity index is 2.50. The molecule has 0 spiro atoms. The predicted molar refractivity (Wildman–Crippen MR) is 69.0 cm³/mol. The molecule has 8 heteroatoms. The second-order valence-corrected chi connectivity index (χ2v) is 4.71. The zero-order valence-corrected chi connectivity index (χ0v) is 11.8. The number of ether oxygens (including phenoxy) is 1. The first-order chi connectivity index (χ1) is 9.04. The van der Waals surface area contributed by atoms with Crippen LogP contribution >= 0.6 is 11.8 Å². The first kappa shape index (κ1) is 15.5. The Morgan fingerprint density at radius 2 is 2.16 bits per heavy atom. The summed E-state index contributed by atoms with van der Waals surface area (Å²) < 4.78 is 6.65. The predicted octanol–water partition coefficient (Wildman–Crippen LogP) is 1.11. The van der Waals surface area contributed by atoms with Gasteiger partial charge in [0.1, 0.15) is 5.82 Å². The van der Waals surface area contributed by atoms with Gasteiger partial charge >= 0.3 is 11.9 Å². The number of thioether (sulfide) groups is 1. The quantitative estimate of drug-likeness (QED) is 0.565. The summed E-state index contributed by atoms with van der Waals surface area (Å²) >= 11 is 1.12. The van der Waals surface area contributed by atoms with Crippen molar-refractivity contribution >= 4 is 23.7 Å². The van der Waals surface area contributed by atoms with Gasteiger partial charge in [0.2, 0.25) is 0 Å². The maximum absolute atomic E-state index is 11.2. The fourth-order valence-electron chi connectivity index (χ4n) is 1.47. The van der Waals surface area contributed by atoms with Gasteiger partial charge in [-0.2, -0.15) is 0 Å². The molecule has 1 N–H and O–H groups in total. The highest BCUT2D eigenvalue weighted by molar-refractivity contribution is 7.99. The molecule has 0 aliphatic heterocycles. The number of esters is 1. The van der Waals surface area contributed by atoms with Crippen molar-refractivity contribution < 1.29 is 19.4 Å². The summed E-state index contributed by atoms with van der Waals surface area (Å²) in [5.41, 5.74) is 0. The normalized spacial score (nSPS) is 10.4. The van der Waals surface area contributed by atoms with Crippen LogP contribution < -0.4 is 0 Å². The molecule has 1 aromatic rings. The third kappa shape index (κ3) is 5.29. The summed E-state index contributed by atoms with van der Waals surface area (Å²) in [6.45, 7) is 4.51. The first-order valence-corrected chi connectivity index (χ1v) is 6.93. The van der Waals surface area contributed by atoms with E-state index in [4.69, 9.17) is 9.84 Å². The van der Waals surface area contributed by atoms with E-state index in [1.165, 1.54) is 0 Å². The number of carbonyl (C=O) groups excluding carboxylic acids is 1. The van der Waals surface area contributed by atoms with Gasteiger partial charge in [0, 0.05) is 13.0 Å². The van der Waals surface area contributed by atoms with Gasteiger partial charge in [-0.25, -0.2) is 0 Å². The third-order valence-corrected chi connectivity index (χ3v) is 3.25. The molecular weight excluding hydrogens is 270 g/mol. The lowest BCUT2D eigenvalue weighted by molar-refractivity contribution is -0.143. The van der Waals surface area contributed by atoms with Crippen LogP contribution in [-0.2, 0) is 20.9 Å². The molecule has 0 bridgehead atoms. The zero-order chi connectivity index (χ0) is 14.3. The Hall–Kier alpha value is -1.57. The first-order valence-electron chi connectivity index (χ1n) is 5.94. The molecule has 0 atom stereocenters. The van der Waals surface area contributed by atoms with Crippen LogP contribution in [-0.4, -0.2) is 44.2 Å². The summed E-state index contributed by atoms with van der Waals surface area (Å²) in [5, 5.41) is 17.0. The average molecular weight is 287 g/mol. The maximum Gasteiger partial charge on any atom is 0.313 e. The van der Waals surface area contributed by atoms with Crippen LogP contribution in [0.2, 0.25) is 0 Å². The van der Waals surface area contributed by atoms with Gasteiger partial charge in [-0.1, -0.05) is 11.8 Å². The van der Waals surface area contributed by atoms with Crippen LogP contribution in [0.15, 0.2) is 5.16 Å². The fourth-order valence-corrected chi connectivity index (χ4v) is 2.20. The molecule has 19 heavy (non-hydrogen) atoms. The minimum Gasteiger partial charge on any atom is -0.481 e. The number of carbonyl (C=O) groups is 2. The van der Waals surface area contributed by atoms with Crippen LogP contribution in [0.5, 0.6) is 0 Å². The van der Waals surface area contributed by atoms with Crippen LogP contribution in [0, 0.1) is 6.92 Å². The van der Waals surface area contributed by atoms with Gasteiger partial charge in [0.25, 0.3) is 0 Å². The molecule has 0 aliphatic rings. The minimum absolute atomic E-state index is 0.0595. The summed E-state index contributed by atoms with van der Waals surface area (Å²) in [7, 11) is 0. The molecule has 1 rings (SSSR count). The van der Waals surface area contributed by atoms with Gasteiger partial charge in [0.05, 0.1) is 12.4 Å². The highest BCUT2D eigenvalue weighted by Gasteiger charge is 2.11. The van der Waals surface area contributed by atoms with Gasteiger partial charge < -0.3 is 14.4 Å². The van der Waals surface area contributed by atoms with Crippen molar-refractivity contribution in [1.82, 2.24) is 14.8 Å². The Labute approximate surface area is 115 Å². The number of aromatic nitrogens is 3. The molecule has 106 valence electrons. The molecule has 0 fully saturated rings. The minimum atomic E-state index is -0.899. The van der Waals surface area contributed by atoms with Crippen molar-refractivity contribution in [1.29, 1.82) is 0 Å². The number of carboxylic acids is 1. The van der Waals surface area contributed by atoms with Gasteiger partial charge in [-0.15, -0.1) is 10.2 Å². The van der Waals surface area contributed by atoms with Crippen molar-refractivity contribution in [2.75, 3.05) is 12.4 Å². The second-order valence-electron chi connectivity index (χ2n) is 3.77. The molecule has 1 aromatic heterocycles. The van der Waals surface area contributed by atoms with Crippen molar-refractivity contribution in [3.63, 3.8) is 0 Å². The number of rotatable bonds is 8. The SMILES string of the molecule is CCOC(=O)CCCn1c(C)nnc1SCC(=O)O. The standard InChI is InChI=1S/C11H17N3O4S/c1-3-18-10(17)5-4-6-14-8(2)12-13-11(14)19-7-9(15)16/h3-7H2,1-2H3,(H,15,16). The number of aliphatic carboxylic acids is 1. The highest BCUT2D eigenvalue weighted by atomic mass is 32.2. The Kier molecular flexibility index (Phi) is 6.34. The molecule has 0 saturated carbocycles. The van der Waals surface area contributed by atoms with Crippen molar-refractivity contribution in [3.8, 4) is 0 Å². The monoisotopic (exact) mass is 287 g/mol. The average Bonchev–Trinajstić information content (AvgIpc) is 2.69. The summed E-state index contributed by atoms with van der Waals surface area (Å²) in [6, 6.07) is 0. The number of carboxylic acid groups (broad SMARTS) is 1. The topological polar surface area (TPSA) is 94.3 Å². The van der Waals surface area contributed by atoms with Crippen molar-refractivity contribution in [2.24, 2.45) is 0 Å². The van der Waals surface area contributed by atoms with E-state index in [1.54, 1.807) is 13.8 Å². The Bertz CT molecular complexity index is 447. The van der Waals surface area contributed by atoms with E-state index in [1.807, 2.05) is 4.57 Å². The third-order valence-electron chi connectivity index (χ3n) is 2.29. The van der Waals surface area contributed by atoms with E-state index in [0.29, 0.717) is 37.0 Å². The molecule has 0 aromatic carbocycles. The number of hydrogen-bond acceptors (Lipinski definition) is 6. The number of nitrogens with zero attached hydrogens (tertiary/aromatic N) is 3. The van der Waals surface area contributed by atoms with Gasteiger partial charge in [-0.05, 0) is 20.3 Å². The summed E-state index contributed by atoms with van der Waals surface area (Å²) in [4.78, 5) is 21.7. The van der Waals surface area contributed by atoms with Gasteiger partial charge in [0.15, 0.2) is 5.16 Å². The van der Waals surface area contributed by atoms with E-state index < -0.39 is 5.97 Å². The van der Waals surface area contributed by atoms with Crippen LogP contribution in [0.4, 0.5) is 0 Å². The van der Waals surface area contributed by atoms with E-state index in [2.05, 4.69) is 10.2 Å². The second kappa shape index (κ2) is 7.78. The fraction of sp³-hybridized carbons (Fsp3) is 0.636. The Morgan fingerprint density at radius 1 is 1.42 bits per heavy atom. The summed E-state index contributed by atoms with van der Waals surface area (Å²) in [6.07, 6.45) is 0.937. The smallest absolute Gasteiger partial charge is 0.313 e. The van der Waals surface area contributed by atoms with Crippen molar-refractivity contribution in [2.45, 2.75) is 38.4 Å². The highest BCUT2D eigenvalue weighted by Crippen LogP contribution is 2.17. The van der Waals surface area contributed by atoms with Crippen molar-refractivity contribution in [3.05, 3.63) is 5.82 Å². The number of aryl methyl sites for hydroxylation is 1. The molecular formula is C11H17N3O4S. The lowest BCUT2D eigenvalue weighted by Crippen LogP contribution is -2.08.